The van der Waals surface area contributed by atoms with Crippen molar-refractivity contribution in [2.45, 2.75) is 12.0 Å². The largest absolute Gasteiger partial charge is 0.493 e. The molecule has 3 rings (SSSR count). The van der Waals surface area contributed by atoms with Gasteiger partial charge in [-0.25, -0.2) is 0 Å². The van der Waals surface area contributed by atoms with Gasteiger partial charge >= 0.3 is 0 Å². The van der Waals surface area contributed by atoms with Crippen LogP contribution in [-0.4, -0.2) is 55.6 Å². The van der Waals surface area contributed by atoms with E-state index in [0.29, 0.717) is 12.5 Å². The number of hydrogen-bond donors (Lipinski definition) is 1. The Balaban J connectivity index is 1.64. The minimum atomic E-state index is -0.0312. The lowest BCUT2D eigenvalue weighted by Gasteiger charge is -2.33. The fourth-order valence-corrected chi connectivity index (χ4v) is 2.75. The van der Waals surface area contributed by atoms with Crippen LogP contribution in [0.4, 0.5) is 0 Å². The summed E-state index contributed by atoms with van der Waals surface area (Å²) >= 11 is 0. The maximum atomic E-state index is 9.15. The summed E-state index contributed by atoms with van der Waals surface area (Å²) in [7, 11) is 0. The Hall–Kier alpha value is -1.10. The molecule has 2 aliphatic rings. The number of benzene rings is 1. The molecule has 18 heavy (non-hydrogen) atoms. The van der Waals surface area contributed by atoms with Crippen molar-refractivity contribution >= 4 is 0 Å². The molecule has 0 amide bonds. The van der Waals surface area contributed by atoms with Crippen molar-refractivity contribution in [2.24, 2.45) is 0 Å². The molecule has 0 aromatic heterocycles. The smallest absolute Gasteiger partial charge is 0.122 e. The highest BCUT2D eigenvalue weighted by Crippen LogP contribution is 2.34. The van der Waals surface area contributed by atoms with Crippen LogP contribution in [0.15, 0.2) is 24.3 Å². The highest BCUT2D eigenvalue weighted by Gasteiger charge is 2.28. The van der Waals surface area contributed by atoms with E-state index < -0.39 is 0 Å². The summed E-state index contributed by atoms with van der Waals surface area (Å²) in [6, 6.07) is 8.26. The van der Waals surface area contributed by atoms with Gasteiger partial charge in [0.15, 0.2) is 0 Å². The molecule has 2 atom stereocenters. The monoisotopic (exact) mass is 249 g/mol. The fourth-order valence-electron chi connectivity index (χ4n) is 2.75. The van der Waals surface area contributed by atoms with E-state index in [1.165, 1.54) is 5.56 Å². The number of morpholine rings is 1. The van der Waals surface area contributed by atoms with Crippen molar-refractivity contribution in [1.82, 2.24) is 4.90 Å². The first-order valence-corrected chi connectivity index (χ1v) is 6.53. The third-order valence-corrected chi connectivity index (χ3v) is 3.70. The highest BCUT2D eigenvalue weighted by atomic mass is 16.5. The van der Waals surface area contributed by atoms with Crippen LogP contribution < -0.4 is 4.74 Å². The predicted octanol–water partition coefficient (Wildman–Crippen LogP) is 0.856. The van der Waals surface area contributed by atoms with E-state index in [2.05, 4.69) is 17.0 Å². The van der Waals surface area contributed by atoms with E-state index in [1.54, 1.807) is 0 Å². The number of aliphatic hydroxyl groups excluding tert-OH is 1. The molecular weight excluding hydrogens is 230 g/mol. The number of nitrogens with zero attached hydrogens (tertiary/aromatic N) is 1. The third-order valence-electron chi connectivity index (χ3n) is 3.70. The quantitative estimate of drug-likeness (QED) is 0.862. The van der Waals surface area contributed by atoms with Crippen LogP contribution in [0.5, 0.6) is 5.75 Å². The zero-order chi connectivity index (χ0) is 12.4. The van der Waals surface area contributed by atoms with Gasteiger partial charge < -0.3 is 14.6 Å². The van der Waals surface area contributed by atoms with Crippen LogP contribution in [0.2, 0.25) is 0 Å². The van der Waals surface area contributed by atoms with Crippen LogP contribution in [0.1, 0.15) is 11.5 Å². The van der Waals surface area contributed by atoms with Crippen molar-refractivity contribution < 1.29 is 14.6 Å². The molecule has 0 spiro atoms. The molecule has 1 aromatic carbocycles. The van der Waals surface area contributed by atoms with Crippen LogP contribution >= 0.6 is 0 Å². The number of rotatable bonds is 3. The van der Waals surface area contributed by atoms with Gasteiger partial charge in [0.05, 0.1) is 25.9 Å². The molecule has 0 saturated carbocycles. The lowest BCUT2D eigenvalue weighted by molar-refractivity contribution is -0.0543. The summed E-state index contributed by atoms with van der Waals surface area (Å²) in [5.74, 6) is 1.47. The molecule has 0 aliphatic carbocycles. The van der Waals surface area contributed by atoms with Gasteiger partial charge in [-0.1, -0.05) is 18.2 Å². The molecule has 0 bridgehead atoms. The summed E-state index contributed by atoms with van der Waals surface area (Å²) in [6.45, 7) is 4.32. The van der Waals surface area contributed by atoms with E-state index >= 15 is 0 Å². The summed E-state index contributed by atoms with van der Waals surface area (Å²) in [4.78, 5) is 2.36. The first-order chi connectivity index (χ1) is 8.86. The number of ether oxygens (including phenoxy) is 2. The Kier molecular flexibility index (Phi) is 3.50. The van der Waals surface area contributed by atoms with Gasteiger partial charge in [0.2, 0.25) is 0 Å². The van der Waals surface area contributed by atoms with E-state index in [9.17, 15) is 0 Å². The van der Waals surface area contributed by atoms with Crippen molar-refractivity contribution in [3.8, 4) is 5.75 Å². The molecule has 4 nitrogen and oxygen atoms in total. The molecule has 2 unspecified atom stereocenters. The van der Waals surface area contributed by atoms with E-state index in [-0.39, 0.29) is 12.7 Å². The maximum absolute atomic E-state index is 9.15. The van der Waals surface area contributed by atoms with Gasteiger partial charge in [0, 0.05) is 31.1 Å². The number of fused-ring (bicyclic) bond motifs is 1. The zero-order valence-electron chi connectivity index (χ0n) is 10.4. The van der Waals surface area contributed by atoms with Crippen LogP contribution in [0.25, 0.3) is 0 Å². The predicted molar refractivity (Wildman–Crippen MR) is 67.9 cm³/mol. The third kappa shape index (κ3) is 2.36. The summed E-state index contributed by atoms with van der Waals surface area (Å²) in [5.41, 5.74) is 1.31. The highest BCUT2D eigenvalue weighted by molar-refractivity contribution is 5.39. The van der Waals surface area contributed by atoms with E-state index in [4.69, 9.17) is 14.6 Å². The SMILES string of the molecule is OCC1CN(CC2COc3ccccc32)CCO1. The molecule has 1 fully saturated rings. The van der Waals surface area contributed by atoms with Crippen LogP contribution in [0, 0.1) is 0 Å². The van der Waals surface area contributed by atoms with Gasteiger partial charge in [-0.15, -0.1) is 0 Å². The number of para-hydroxylation sites is 1. The lowest BCUT2D eigenvalue weighted by Crippen LogP contribution is -2.45. The second kappa shape index (κ2) is 5.26. The Morgan fingerprint density at radius 3 is 3.11 bits per heavy atom. The normalized spacial score (nSPS) is 27.8. The second-order valence-corrected chi connectivity index (χ2v) is 4.98. The molecule has 0 radical (unpaired) electrons. The fraction of sp³-hybridized carbons (Fsp3) is 0.571. The Bertz CT molecular complexity index is 410. The molecular formula is C14H19NO3. The van der Waals surface area contributed by atoms with Gasteiger partial charge in [-0.3, -0.25) is 4.90 Å². The minimum Gasteiger partial charge on any atom is -0.493 e. The van der Waals surface area contributed by atoms with Crippen LogP contribution in [0.3, 0.4) is 0 Å². The van der Waals surface area contributed by atoms with Crippen LogP contribution in [-0.2, 0) is 4.74 Å². The van der Waals surface area contributed by atoms with E-state index in [0.717, 1.165) is 32.0 Å². The average molecular weight is 249 g/mol. The summed E-state index contributed by atoms with van der Waals surface area (Å²) < 4.78 is 11.2. The van der Waals surface area contributed by atoms with Gasteiger partial charge in [-0.2, -0.15) is 0 Å². The number of hydrogen-bond acceptors (Lipinski definition) is 4. The molecule has 98 valence electrons. The Labute approximate surface area is 107 Å². The first-order valence-electron chi connectivity index (χ1n) is 6.53. The Morgan fingerprint density at radius 2 is 2.22 bits per heavy atom. The van der Waals surface area contributed by atoms with Gasteiger partial charge in [-0.05, 0) is 6.07 Å². The van der Waals surface area contributed by atoms with Crippen molar-refractivity contribution in [2.75, 3.05) is 39.5 Å². The molecule has 1 saturated heterocycles. The van der Waals surface area contributed by atoms with Crippen molar-refractivity contribution in [3.63, 3.8) is 0 Å². The van der Waals surface area contributed by atoms with Gasteiger partial charge in [0.1, 0.15) is 5.75 Å². The maximum Gasteiger partial charge on any atom is 0.122 e. The first kappa shape index (κ1) is 12.0. The zero-order valence-corrected chi connectivity index (χ0v) is 10.4. The molecule has 4 heteroatoms. The molecule has 2 heterocycles. The molecule has 1 aromatic rings. The van der Waals surface area contributed by atoms with Crippen molar-refractivity contribution in [3.05, 3.63) is 29.8 Å². The van der Waals surface area contributed by atoms with E-state index in [1.807, 2.05) is 12.1 Å². The average Bonchev–Trinajstić information content (AvgIpc) is 2.83. The topological polar surface area (TPSA) is 41.9 Å². The Morgan fingerprint density at radius 1 is 1.33 bits per heavy atom. The summed E-state index contributed by atoms with van der Waals surface area (Å²) in [5, 5.41) is 9.15. The number of aliphatic hydroxyl groups is 1. The van der Waals surface area contributed by atoms with Crippen molar-refractivity contribution in [1.29, 1.82) is 0 Å². The van der Waals surface area contributed by atoms with Gasteiger partial charge in [0.25, 0.3) is 0 Å². The molecule has 2 aliphatic heterocycles. The lowest BCUT2D eigenvalue weighted by atomic mass is 10.0. The standard InChI is InChI=1S/C14H19NO3/c16-9-12-8-15(5-6-17-12)7-11-10-18-14-4-2-1-3-13(11)14/h1-4,11-12,16H,5-10H2. The molecule has 1 N–H and O–H groups in total. The minimum absolute atomic E-state index is 0.0312. The second-order valence-electron chi connectivity index (χ2n) is 4.98. The summed E-state index contributed by atoms with van der Waals surface area (Å²) in [6.07, 6.45) is -0.0312.